The molecule has 0 spiro atoms. The summed E-state index contributed by atoms with van der Waals surface area (Å²) in [7, 11) is 0. The zero-order valence-corrected chi connectivity index (χ0v) is 14.4. The van der Waals surface area contributed by atoms with Gasteiger partial charge in [0.25, 0.3) is 0 Å². The van der Waals surface area contributed by atoms with Crippen LogP contribution in [0.5, 0.6) is 0 Å². The lowest BCUT2D eigenvalue weighted by molar-refractivity contribution is -0.942. The average Bonchev–Trinajstić information content (AvgIpc) is 2.59. The second-order valence-corrected chi connectivity index (χ2v) is 6.56. The van der Waals surface area contributed by atoms with Crippen molar-refractivity contribution in [3.63, 3.8) is 0 Å². The minimum absolute atomic E-state index is 0.0577. The van der Waals surface area contributed by atoms with Gasteiger partial charge in [-0.25, -0.2) is 4.79 Å². The number of benzene rings is 1. The Morgan fingerprint density at radius 1 is 1.33 bits per heavy atom. The normalized spacial score (nSPS) is 20.9. The number of hydrogen-bond donors (Lipinski definition) is 2. The summed E-state index contributed by atoms with van der Waals surface area (Å²) in [5.74, 6) is -0.445. The number of pyridine rings is 1. The summed E-state index contributed by atoms with van der Waals surface area (Å²) in [6.07, 6.45) is 3.57. The molecule has 3 rings (SSSR count). The van der Waals surface area contributed by atoms with Gasteiger partial charge < -0.3 is 14.6 Å². The van der Waals surface area contributed by atoms with Gasteiger partial charge in [0.2, 0.25) is 0 Å². The number of carbonyl (C=O) groups is 1. The highest BCUT2D eigenvalue weighted by atomic mass is 16.5. The monoisotopic (exact) mass is 329 g/mol. The Bertz CT molecular complexity index is 797. The fourth-order valence-corrected chi connectivity index (χ4v) is 3.57. The Kier molecular flexibility index (Phi) is 5.00. The molecular formula is C19H25N2O3+. The summed E-state index contributed by atoms with van der Waals surface area (Å²) in [5, 5.41) is 0.629. The maximum Gasteiger partial charge on any atom is 0.355 e. The second-order valence-electron chi connectivity index (χ2n) is 6.56. The maximum atomic E-state index is 13.0. The Morgan fingerprint density at radius 2 is 2.12 bits per heavy atom. The molecule has 5 heteroatoms. The zero-order valence-electron chi connectivity index (χ0n) is 14.4. The molecule has 1 aromatic carbocycles. The van der Waals surface area contributed by atoms with Crippen molar-refractivity contribution >= 4 is 16.9 Å². The summed E-state index contributed by atoms with van der Waals surface area (Å²) in [4.78, 5) is 29.9. The van der Waals surface area contributed by atoms with Crippen LogP contribution in [0, 0.1) is 0 Å². The number of quaternary nitrogens is 1. The molecule has 5 nitrogen and oxygen atoms in total. The SMILES string of the molecule is CCOC(=O)c1[nH]c2ccccc2c(=O)c1C[NH+]1CCCC[C@H]1C. The number of para-hydroxylation sites is 1. The van der Waals surface area contributed by atoms with Crippen LogP contribution in [0.25, 0.3) is 10.9 Å². The van der Waals surface area contributed by atoms with Crippen molar-refractivity contribution in [2.75, 3.05) is 13.2 Å². The Balaban J connectivity index is 2.08. The molecule has 0 aliphatic carbocycles. The van der Waals surface area contributed by atoms with Crippen LogP contribution in [0.2, 0.25) is 0 Å². The first-order valence-electron chi connectivity index (χ1n) is 8.77. The number of nitrogens with one attached hydrogen (secondary N) is 2. The van der Waals surface area contributed by atoms with Gasteiger partial charge in [-0.3, -0.25) is 4.79 Å². The van der Waals surface area contributed by atoms with E-state index < -0.39 is 5.97 Å². The van der Waals surface area contributed by atoms with Gasteiger partial charge in [-0.05, 0) is 45.2 Å². The number of aromatic nitrogens is 1. The van der Waals surface area contributed by atoms with E-state index >= 15 is 0 Å². The van der Waals surface area contributed by atoms with E-state index in [1.165, 1.54) is 17.7 Å². The van der Waals surface area contributed by atoms with Gasteiger partial charge >= 0.3 is 5.97 Å². The minimum Gasteiger partial charge on any atom is -0.461 e. The molecule has 1 fully saturated rings. The highest BCUT2D eigenvalue weighted by Crippen LogP contribution is 2.13. The Labute approximate surface area is 141 Å². The first kappa shape index (κ1) is 16.7. The van der Waals surface area contributed by atoms with Crippen molar-refractivity contribution in [1.29, 1.82) is 0 Å². The topological polar surface area (TPSA) is 63.6 Å². The van der Waals surface area contributed by atoms with Crippen molar-refractivity contribution in [2.24, 2.45) is 0 Å². The largest absolute Gasteiger partial charge is 0.461 e. The van der Waals surface area contributed by atoms with Gasteiger partial charge in [-0.15, -0.1) is 0 Å². The van der Waals surface area contributed by atoms with Crippen molar-refractivity contribution in [3.8, 4) is 0 Å². The minimum atomic E-state index is -0.445. The van der Waals surface area contributed by atoms with Crippen molar-refractivity contribution in [1.82, 2.24) is 4.98 Å². The fourth-order valence-electron chi connectivity index (χ4n) is 3.57. The number of fused-ring (bicyclic) bond motifs is 1. The Morgan fingerprint density at radius 3 is 2.88 bits per heavy atom. The third-order valence-corrected chi connectivity index (χ3v) is 4.97. The first-order valence-corrected chi connectivity index (χ1v) is 8.77. The molecule has 0 amide bonds. The maximum absolute atomic E-state index is 13.0. The molecule has 0 radical (unpaired) electrons. The number of hydrogen-bond acceptors (Lipinski definition) is 3. The Hall–Kier alpha value is -2.14. The quantitative estimate of drug-likeness (QED) is 0.839. The molecule has 1 aliphatic heterocycles. The van der Waals surface area contributed by atoms with Gasteiger partial charge in [0.05, 0.1) is 24.8 Å². The van der Waals surface area contributed by atoms with Gasteiger partial charge in [0.1, 0.15) is 12.2 Å². The van der Waals surface area contributed by atoms with Crippen LogP contribution in [0.3, 0.4) is 0 Å². The fraction of sp³-hybridized carbons (Fsp3) is 0.474. The van der Waals surface area contributed by atoms with Gasteiger partial charge in [0, 0.05) is 10.9 Å². The molecule has 24 heavy (non-hydrogen) atoms. The van der Waals surface area contributed by atoms with Crippen molar-refractivity contribution in [3.05, 3.63) is 45.7 Å². The van der Waals surface area contributed by atoms with Crippen LogP contribution in [-0.4, -0.2) is 30.1 Å². The predicted octanol–water partition coefficient (Wildman–Crippen LogP) is 1.66. The van der Waals surface area contributed by atoms with E-state index in [1.807, 2.05) is 24.3 Å². The van der Waals surface area contributed by atoms with E-state index in [-0.39, 0.29) is 5.43 Å². The van der Waals surface area contributed by atoms with Gasteiger partial charge in [-0.1, -0.05) is 12.1 Å². The number of ether oxygens (including phenoxy) is 1. The van der Waals surface area contributed by atoms with E-state index in [4.69, 9.17) is 4.74 Å². The lowest BCUT2D eigenvalue weighted by atomic mass is 10.0. The standard InChI is InChI=1S/C19H24N2O3/c1-3-24-19(23)17-15(12-21-11-7-6-8-13(21)2)18(22)14-9-4-5-10-16(14)20-17/h4-5,9-10,13H,3,6-8,11-12H2,1-2H3,(H,20,22)/p+1/t13-/m1/s1. The summed E-state index contributed by atoms with van der Waals surface area (Å²) < 4.78 is 5.17. The third-order valence-electron chi connectivity index (χ3n) is 4.97. The molecule has 1 unspecified atom stereocenters. The van der Waals surface area contributed by atoms with Crippen LogP contribution in [0.4, 0.5) is 0 Å². The van der Waals surface area contributed by atoms with E-state index in [0.29, 0.717) is 41.4 Å². The number of carbonyl (C=O) groups excluding carboxylic acids is 1. The number of esters is 1. The molecular weight excluding hydrogens is 304 g/mol. The summed E-state index contributed by atoms with van der Waals surface area (Å²) in [5.41, 5.74) is 1.48. The highest BCUT2D eigenvalue weighted by Gasteiger charge is 2.27. The van der Waals surface area contributed by atoms with Crippen LogP contribution < -0.4 is 10.3 Å². The lowest BCUT2D eigenvalue weighted by Gasteiger charge is -2.30. The molecule has 2 aromatic rings. The molecule has 1 aromatic heterocycles. The van der Waals surface area contributed by atoms with Gasteiger partial charge in [0.15, 0.2) is 5.43 Å². The third kappa shape index (κ3) is 3.22. The number of aromatic amines is 1. The molecule has 2 N–H and O–H groups in total. The van der Waals surface area contributed by atoms with Crippen LogP contribution in [-0.2, 0) is 11.3 Å². The number of rotatable bonds is 4. The van der Waals surface area contributed by atoms with Gasteiger partial charge in [-0.2, -0.15) is 0 Å². The summed E-state index contributed by atoms with van der Waals surface area (Å²) >= 11 is 0. The zero-order chi connectivity index (χ0) is 17.1. The number of piperidine rings is 1. The van der Waals surface area contributed by atoms with Crippen LogP contribution >= 0.6 is 0 Å². The molecule has 2 atom stereocenters. The van der Waals surface area contributed by atoms with E-state index in [0.717, 1.165) is 13.0 Å². The molecule has 1 saturated heterocycles. The van der Waals surface area contributed by atoms with E-state index in [1.54, 1.807) is 6.92 Å². The van der Waals surface area contributed by atoms with E-state index in [2.05, 4.69) is 11.9 Å². The van der Waals surface area contributed by atoms with Crippen molar-refractivity contribution < 1.29 is 14.4 Å². The molecule has 2 heterocycles. The van der Waals surface area contributed by atoms with E-state index in [9.17, 15) is 9.59 Å². The van der Waals surface area contributed by atoms with Crippen molar-refractivity contribution in [2.45, 2.75) is 45.7 Å². The molecule has 0 bridgehead atoms. The summed E-state index contributed by atoms with van der Waals surface area (Å²) in [6.45, 7) is 5.88. The number of likely N-dealkylation sites (tertiary alicyclic amines) is 1. The molecule has 0 saturated carbocycles. The smallest absolute Gasteiger partial charge is 0.355 e. The predicted molar refractivity (Wildman–Crippen MR) is 93.4 cm³/mol. The first-order chi connectivity index (χ1) is 11.6. The second kappa shape index (κ2) is 7.18. The number of H-pyrrole nitrogens is 1. The van der Waals surface area contributed by atoms with Crippen LogP contribution in [0.1, 0.15) is 49.2 Å². The highest BCUT2D eigenvalue weighted by molar-refractivity contribution is 5.92. The summed E-state index contributed by atoms with van der Waals surface area (Å²) in [6, 6.07) is 7.83. The molecule has 128 valence electrons. The lowest BCUT2D eigenvalue weighted by Crippen LogP contribution is -3.15. The average molecular weight is 329 g/mol. The van der Waals surface area contributed by atoms with Crippen LogP contribution in [0.15, 0.2) is 29.1 Å². The molecule has 1 aliphatic rings.